The third kappa shape index (κ3) is 3.48. The summed E-state index contributed by atoms with van der Waals surface area (Å²) in [6, 6.07) is 11.2. The first-order valence-electron chi connectivity index (χ1n) is 7.45. The minimum Gasteiger partial charge on any atom is -0.481 e. The first-order chi connectivity index (χ1) is 11.5. The molecular formula is C18H16FN3O2. The van der Waals surface area contributed by atoms with Crippen LogP contribution < -0.4 is 10.1 Å². The Kier molecular flexibility index (Phi) is 4.37. The SMILES string of the molecule is Cc1nc2ccc(NC(=O)COc3ccccc3F)cc2nc1C. The Morgan fingerprint density at radius 2 is 1.79 bits per heavy atom. The third-order valence-electron chi connectivity index (χ3n) is 3.55. The monoisotopic (exact) mass is 325 g/mol. The maximum atomic E-state index is 13.4. The summed E-state index contributed by atoms with van der Waals surface area (Å²) in [7, 11) is 0. The molecule has 5 nitrogen and oxygen atoms in total. The summed E-state index contributed by atoms with van der Waals surface area (Å²) in [6.45, 7) is 3.50. The highest BCUT2D eigenvalue weighted by Gasteiger charge is 2.08. The average molecular weight is 325 g/mol. The number of aryl methyl sites for hydroxylation is 2. The number of carbonyl (C=O) groups is 1. The fraction of sp³-hybridized carbons (Fsp3) is 0.167. The summed E-state index contributed by atoms with van der Waals surface area (Å²) >= 11 is 0. The van der Waals surface area contributed by atoms with E-state index in [9.17, 15) is 9.18 Å². The summed E-state index contributed by atoms with van der Waals surface area (Å²) in [5, 5.41) is 2.70. The lowest BCUT2D eigenvalue weighted by Crippen LogP contribution is -2.20. The molecule has 1 aromatic heterocycles. The summed E-state index contributed by atoms with van der Waals surface area (Å²) in [6.07, 6.45) is 0. The number of hydrogen-bond donors (Lipinski definition) is 1. The molecule has 0 bridgehead atoms. The van der Waals surface area contributed by atoms with Crippen LogP contribution in [0, 0.1) is 19.7 Å². The van der Waals surface area contributed by atoms with Crippen LogP contribution in [-0.2, 0) is 4.79 Å². The molecule has 0 aliphatic rings. The van der Waals surface area contributed by atoms with Gasteiger partial charge in [-0.25, -0.2) is 14.4 Å². The number of ether oxygens (including phenoxy) is 1. The summed E-state index contributed by atoms with van der Waals surface area (Å²) in [5.41, 5.74) is 3.76. The molecule has 3 aromatic rings. The quantitative estimate of drug-likeness (QED) is 0.798. The molecule has 1 N–H and O–H groups in total. The highest BCUT2D eigenvalue weighted by molar-refractivity contribution is 5.93. The molecule has 0 aliphatic carbocycles. The van der Waals surface area contributed by atoms with Crippen molar-refractivity contribution in [1.82, 2.24) is 9.97 Å². The van der Waals surface area contributed by atoms with Gasteiger partial charge in [0.25, 0.3) is 5.91 Å². The molecule has 3 rings (SSSR count). The topological polar surface area (TPSA) is 64.1 Å². The number of nitrogens with one attached hydrogen (secondary N) is 1. The number of carbonyl (C=O) groups excluding carboxylic acids is 1. The van der Waals surface area contributed by atoms with E-state index in [0.717, 1.165) is 16.9 Å². The normalized spacial score (nSPS) is 10.6. The minimum absolute atomic E-state index is 0.0446. The number of hydrogen-bond acceptors (Lipinski definition) is 4. The number of halogens is 1. The van der Waals surface area contributed by atoms with Crippen molar-refractivity contribution >= 4 is 22.6 Å². The second kappa shape index (κ2) is 6.62. The van der Waals surface area contributed by atoms with Crippen molar-refractivity contribution in [3.05, 3.63) is 59.7 Å². The summed E-state index contributed by atoms with van der Waals surface area (Å²) in [5.74, 6) is -0.838. The van der Waals surface area contributed by atoms with Gasteiger partial charge in [0.05, 0.1) is 22.4 Å². The van der Waals surface area contributed by atoms with Crippen molar-refractivity contribution < 1.29 is 13.9 Å². The molecule has 24 heavy (non-hydrogen) atoms. The van der Waals surface area contributed by atoms with Crippen molar-refractivity contribution in [3.63, 3.8) is 0 Å². The van der Waals surface area contributed by atoms with Crippen LogP contribution in [0.3, 0.4) is 0 Å². The van der Waals surface area contributed by atoms with Crippen LogP contribution >= 0.6 is 0 Å². The van der Waals surface area contributed by atoms with Crippen LogP contribution in [0.15, 0.2) is 42.5 Å². The minimum atomic E-state index is -0.503. The number of anilines is 1. The van der Waals surface area contributed by atoms with Crippen LogP contribution in [0.5, 0.6) is 5.75 Å². The molecule has 6 heteroatoms. The molecule has 0 atom stereocenters. The van der Waals surface area contributed by atoms with Crippen molar-refractivity contribution in [2.45, 2.75) is 13.8 Å². The maximum absolute atomic E-state index is 13.4. The van der Waals surface area contributed by atoms with Crippen LogP contribution in [0.1, 0.15) is 11.4 Å². The molecule has 2 aromatic carbocycles. The van der Waals surface area contributed by atoms with Gasteiger partial charge in [-0.05, 0) is 44.2 Å². The van der Waals surface area contributed by atoms with Gasteiger partial charge in [0, 0.05) is 5.69 Å². The zero-order chi connectivity index (χ0) is 17.1. The molecule has 0 saturated heterocycles. The Labute approximate surface area is 138 Å². The highest BCUT2D eigenvalue weighted by Crippen LogP contribution is 2.18. The van der Waals surface area contributed by atoms with E-state index in [4.69, 9.17) is 4.74 Å². The third-order valence-corrected chi connectivity index (χ3v) is 3.55. The summed E-state index contributed by atoms with van der Waals surface area (Å²) in [4.78, 5) is 20.9. The number of benzene rings is 2. The Morgan fingerprint density at radius 1 is 1.08 bits per heavy atom. The number of aromatic nitrogens is 2. The standard InChI is InChI=1S/C18H16FN3O2/c1-11-12(2)21-16-9-13(7-8-15(16)20-11)22-18(23)10-24-17-6-4-3-5-14(17)19/h3-9H,10H2,1-2H3,(H,22,23). The van der Waals surface area contributed by atoms with Gasteiger partial charge in [0.2, 0.25) is 0 Å². The zero-order valence-electron chi connectivity index (χ0n) is 13.3. The molecule has 0 unspecified atom stereocenters. The number of nitrogens with zero attached hydrogens (tertiary/aromatic N) is 2. The number of rotatable bonds is 4. The second-order valence-corrected chi connectivity index (χ2v) is 5.37. The Morgan fingerprint density at radius 3 is 2.54 bits per heavy atom. The Balaban J connectivity index is 1.69. The van der Waals surface area contributed by atoms with Gasteiger partial charge in [-0.15, -0.1) is 0 Å². The zero-order valence-corrected chi connectivity index (χ0v) is 13.3. The largest absolute Gasteiger partial charge is 0.481 e. The first-order valence-corrected chi connectivity index (χ1v) is 7.45. The van der Waals surface area contributed by atoms with Crippen LogP contribution in [0.25, 0.3) is 11.0 Å². The summed E-state index contributed by atoms with van der Waals surface area (Å²) < 4.78 is 18.6. The predicted molar refractivity (Wildman–Crippen MR) is 89.5 cm³/mol. The smallest absolute Gasteiger partial charge is 0.262 e. The Bertz CT molecular complexity index is 912. The van der Waals surface area contributed by atoms with Gasteiger partial charge >= 0.3 is 0 Å². The molecule has 0 radical (unpaired) electrons. The molecule has 1 amide bonds. The van der Waals surface area contributed by atoms with Crippen molar-refractivity contribution in [1.29, 1.82) is 0 Å². The molecule has 122 valence electrons. The lowest BCUT2D eigenvalue weighted by atomic mass is 10.2. The van der Waals surface area contributed by atoms with E-state index in [1.807, 2.05) is 13.8 Å². The molecule has 0 fully saturated rings. The number of para-hydroxylation sites is 1. The lowest BCUT2D eigenvalue weighted by Gasteiger charge is -2.09. The van der Waals surface area contributed by atoms with E-state index < -0.39 is 5.82 Å². The van der Waals surface area contributed by atoms with Crippen LogP contribution in [0.2, 0.25) is 0 Å². The van der Waals surface area contributed by atoms with Gasteiger partial charge in [-0.1, -0.05) is 12.1 Å². The molecular weight excluding hydrogens is 309 g/mol. The van der Waals surface area contributed by atoms with Gasteiger partial charge in [0.15, 0.2) is 18.2 Å². The van der Waals surface area contributed by atoms with Crippen molar-refractivity contribution in [2.75, 3.05) is 11.9 Å². The Hall–Kier alpha value is -3.02. The van der Waals surface area contributed by atoms with E-state index in [1.54, 1.807) is 30.3 Å². The fourth-order valence-electron chi connectivity index (χ4n) is 2.21. The molecule has 0 spiro atoms. The van der Waals surface area contributed by atoms with Crippen LogP contribution in [-0.4, -0.2) is 22.5 Å². The van der Waals surface area contributed by atoms with E-state index in [0.29, 0.717) is 11.2 Å². The van der Waals surface area contributed by atoms with E-state index in [1.165, 1.54) is 12.1 Å². The van der Waals surface area contributed by atoms with E-state index >= 15 is 0 Å². The first kappa shape index (κ1) is 15.9. The predicted octanol–water partition coefficient (Wildman–Crippen LogP) is 3.40. The number of amides is 1. The maximum Gasteiger partial charge on any atom is 0.262 e. The van der Waals surface area contributed by atoms with Crippen molar-refractivity contribution in [3.8, 4) is 5.75 Å². The van der Waals surface area contributed by atoms with Gasteiger partial charge in [-0.3, -0.25) is 4.79 Å². The van der Waals surface area contributed by atoms with Gasteiger partial charge < -0.3 is 10.1 Å². The van der Waals surface area contributed by atoms with Gasteiger partial charge in [-0.2, -0.15) is 0 Å². The molecule has 0 aliphatic heterocycles. The number of fused-ring (bicyclic) bond motifs is 1. The van der Waals surface area contributed by atoms with E-state index in [-0.39, 0.29) is 18.3 Å². The van der Waals surface area contributed by atoms with Crippen LogP contribution in [0.4, 0.5) is 10.1 Å². The van der Waals surface area contributed by atoms with Gasteiger partial charge in [0.1, 0.15) is 0 Å². The van der Waals surface area contributed by atoms with Crippen molar-refractivity contribution in [2.24, 2.45) is 0 Å². The second-order valence-electron chi connectivity index (χ2n) is 5.37. The fourth-order valence-corrected chi connectivity index (χ4v) is 2.21. The van der Waals surface area contributed by atoms with E-state index in [2.05, 4.69) is 15.3 Å². The average Bonchev–Trinajstić information content (AvgIpc) is 2.55. The highest BCUT2D eigenvalue weighted by atomic mass is 19.1. The lowest BCUT2D eigenvalue weighted by molar-refractivity contribution is -0.118. The molecule has 1 heterocycles. The molecule has 0 saturated carbocycles.